The van der Waals surface area contributed by atoms with E-state index in [0.29, 0.717) is 54.2 Å². The number of aromatic nitrogens is 3. The molecule has 2 aromatic heterocycles. The lowest BCUT2D eigenvalue weighted by Gasteiger charge is -2.24. The minimum absolute atomic E-state index is 0.0705. The Labute approximate surface area is 208 Å². The number of ether oxygens (including phenoxy) is 2. The van der Waals surface area contributed by atoms with Crippen LogP contribution in [0.4, 0.5) is 15.0 Å². The van der Waals surface area contributed by atoms with E-state index in [1.165, 1.54) is 12.4 Å². The van der Waals surface area contributed by atoms with E-state index in [9.17, 15) is 9.18 Å². The van der Waals surface area contributed by atoms with E-state index in [1.807, 2.05) is 27.7 Å². The van der Waals surface area contributed by atoms with E-state index in [-0.39, 0.29) is 23.3 Å². The Morgan fingerprint density at radius 3 is 2.83 bits per heavy atom. The van der Waals surface area contributed by atoms with Gasteiger partial charge in [-0.05, 0) is 39.3 Å². The summed E-state index contributed by atoms with van der Waals surface area (Å²) < 4.78 is 26.2. The van der Waals surface area contributed by atoms with Gasteiger partial charge in [0, 0.05) is 24.6 Å². The maximum atomic E-state index is 14.6. The number of anilines is 1. The molecule has 1 amide bonds. The number of carbonyl (C=O) groups excluding carboxylic acids is 1. The van der Waals surface area contributed by atoms with E-state index >= 15 is 0 Å². The zero-order valence-corrected chi connectivity index (χ0v) is 21.0. The second-order valence-electron chi connectivity index (χ2n) is 9.44. The Hall–Kier alpha value is -3.20. The van der Waals surface area contributed by atoms with Crippen molar-refractivity contribution >= 4 is 34.5 Å². The summed E-state index contributed by atoms with van der Waals surface area (Å²) in [6.45, 7) is 8.42. The molecular weight excluding hydrogens is 473 g/mol. The van der Waals surface area contributed by atoms with Gasteiger partial charge in [-0.2, -0.15) is 0 Å². The van der Waals surface area contributed by atoms with Gasteiger partial charge in [0.1, 0.15) is 29.4 Å². The quantitative estimate of drug-likeness (QED) is 0.458. The average molecular weight is 502 g/mol. The molecular formula is C25H29ClFN5O3. The molecule has 3 aromatic rings. The Morgan fingerprint density at radius 2 is 2.09 bits per heavy atom. The van der Waals surface area contributed by atoms with Crippen molar-refractivity contribution in [2.45, 2.75) is 58.3 Å². The van der Waals surface area contributed by atoms with Crippen molar-refractivity contribution in [3.05, 3.63) is 53.1 Å². The van der Waals surface area contributed by atoms with Crippen LogP contribution in [0.25, 0.3) is 11.0 Å². The van der Waals surface area contributed by atoms with E-state index < -0.39 is 11.4 Å². The zero-order valence-electron chi connectivity index (χ0n) is 20.2. The summed E-state index contributed by atoms with van der Waals surface area (Å²) in [5.41, 5.74) is 1.03. The standard InChI is InChI=1S/C25H29ClFN5O3/c1-5-18(16-7-6-8-17(26)21(16)27)30-23-22-19(28-14-29-23)9-10-20(31-22)34-15-11-12-32(13-15)24(33)35-25(2,3)4/h6-10,14-15,18H,5,11-13H2,1-4H3,(H,28,29,30)/t15-,18?/m0/s1. The molecule has 0 saturated carbocycles. The second-order valence-corrected chi connectivity index (χ2v) is 9.85. The van der Waals surface area contributed by atoms with Crippen LogP contribution < -0.4 is 10.1 Å². The van der Waals surface area contributed by atoms with Gasteiger partial charge in [0.15, 0.2) is 5.82 Å². The normalized spacial score (nSPS) is 16.9. The molecule has 1 N–H and O–H groups in total. The van der Waals surface area contributed by atoms with Crippen molar-refractivity contribution < 1.29 is 18.7 Å². The number of fused-ring (bicyclic) bond motifs is 1. The van der Waals surface area contributed by atoms with Crippen molar-refractivity contribution in [1.29, 1.82) is 0 Å². The zero-order chi connectivity index (χ0) is 25.2. The van der Waals surface area contributed by atoms with Gasteiger partial charge in [0.05, 0.1) is 23.1 Å². The van der Waals surface area contributed by atoms with Crippen LogP contribution in [0, 0.1) is 5.82 Å². The Kier molecular flexibility index (Phi) is 7.25. The number of hydrogen-bond donors (Lipinski definition) is 1. The fourth-order valence-corrected chi connectivity index (χ4v) is 4.12. The molecule has 4 rings (SSSR count). The van der Waals surface area contributed by atoms with Gasteiger partial charge in [-0.3, -0.25) is 0 Å². The minimum Gasteiger partial charge on any atom is -0.472 e. The summed E-state index contributed by atoms with van der Waals surface area (Å²) in [5.74, 6) is 0.404. The van der Waals surface area contributed by atoms with Crippen LogP contribution in [-0.4, -0.2) is 50.7 Å². The first-order valence-electron chi connectivity index (χ1n) is 11.6. The van der Waals surface area contributed by atoms with Crippen LogP contribution in [-0.2, 0) is 4.74 Å². The van der Waals surface area contributed by atoms with E-state index in [2.05, 4.69) is 20.3 Å². The molecule has 35 heavy (non-hydrogen) atoms. The van der Waals surface area contributed by atoms with Crippen molar-refractivity contribution in [1.82, 2.24) is 19.9 Å². The number of hydrogen-bond acceptors (Lipinski definition) is 7. The van der Waals surface area contributed by atoms with E-state index in [1.54, 1.807) is 29.2 Å². The van der Waals surface area contributed by atoms with Gasteiger partial charge in [-0.1, -0.05) is 30.7 Å². The Morgan fingerprint density at radius 1 is 1.29 bits per heavy atom. The van der Waals surface area contributed by atoms with E-state index in [4.69, 9.17) is 21.1 Å². The molecule has 1 unspecified atom stereocenters. The van der Waals surface area contributed by atoms with Crippen molar-refractivity contribution in [2.24, 2.45) is 0 Å². The third-order valence-electron chi connectivity index (χ3n) is 5.62. The predicted molar refractivity (Wildman–Crippen MR) is 132 cm³/mol. The van der Waals surface area contributed by atoms with Crippen LogP contribution in [0.1, 0.15) is 52.1 Å². The number of halogens is 2. The molecule has 1 saturated heterocycles. The lowest BCUT2D eigenvalue weighted by molar-refractivity contribution is 0.0275. The van der Waals surface area contributed by atoms with Gasteiger partial charge in [-0.25, -0.2) is 24.1 Å². The highest BCUT2D eigenvalue weighted by molar-refractivity contribution is 6.30. The molecule has 0 radical (unpaired) electrons. The lowest BCUT2D eigenvalue weighted by Crippen LogP contribution is -2.36. The molecule has 1 aliphatic rings. The number of benzene rings is 1. The summed E-state index contributed by atoms with van der Waals surface area (Å²) in [6.07, 6.45) is 2.14. The number of nitrogens with one attached hydrogen (secondary N) is 1. The summed E-state index contributed by atoms with van der Waals surface area (Å²) >= 11 is 5.99. The van der Waals surface area contributed by atoms with Gasteiger partial charge in [-0.15, -0.1) is 0 Å². The second kappa shape index (κ2) is 10.2. The van der Waals surface area contributed by atoms with Crippen LogP contribution in [0.15, 0.2) is 36.7 Å². The molecule has 8 nitrogen and oxygen atoms in total. The monoisotopic (exact) mass is 501 g/mol. The molecule has 10 heteroatoms. The van der Waals surface area contributed by atoms with Crippen molar-refractivity contribution in [3.63, 3.8) is 0 Å². The third kappa shape index (κ3) is 5.90. The Bertz CT molecular complexity index is 1220. The minimum atomic E-state index is -0.552. The molecule has 0 bridgehead atoms. The van der Waals surface area contributed by atoms with Crippen LogP contribution in [0.5, 0.6) is 5.88 Å². The summed E-state index contributed by atoms with van der Waals surface area (Å²) in [5, 5.41) is 3.35. The first kappa shape index (κ1) is 24.9. The smallest absolute Gasteiger partial charge is 0.410 e. The number of pyridine rings is 1. The molecule has 0 aliphatic carbocycles. The van der Waals surface area contributed by atoms with Crippen LogP contribution >= 0.6 is 11.6 Å². The van der Waals surface area contributed by atoms with Gasteiger partial charge >= 0.3 is 6.09 Å². The molecule has 1 aliphatic heterocycles. The third-order valence-corrected chi connectivity index (χ3v) is 5.91. The number of carbonyl (C=O) groups is 1. The lowest BCUT2D eigenvalue weighted by atomic mass is 10.0. The van der Waals surface area contributed by atoms with Crippen LogP contribution in [0.2, 0.25) is 5.02 Å². The maximum absolute atomic E-state index is 14.6. The molecule has 0 spiro atoms. The summed E-state index contributed by atoms with van der Waals surface area (Å²) in [6, 6.07) is 8.11. The maximum Gasteiger partial charge on any atom is 0.410 e. The van der Waals surface area contributed by atoms with Crippen molar-refractivity contribution in [2.75, 3.05) is 18.4 Å². The molecule has 1 fully saturated rings. The fourth-order valence-electron chi connectivity index (χ4n) is 3.94. The summed E-state index contributed by atoms with van der Waals surface area (Å²) in [4.78, 5) is 27.2. The highest BCUT2D eigenvalue weighted by Gasteiger charge is 2.31. The highest BCUT2D eigenvalue weighted by Crippen LogP contribution is 2.30. The number of rotatable bonds is 6. The number of likely N-dealkylation sites (tertiary alicyclic amines) is 1. The number of nitrogens with zero attached hydrogens (tertiary/aromatic N) is 4. The Balaban J connectivity index is 1.52. The van der Waals surface area contributed by atoms with E-state index in [0.717, 1.165) is 0 Å². The molecule has 3 heterocycles. The topological polar surface area (TPSA) is 89.5 Å². The average Bonchev–Trinajstić information content (AvgIpc) is 3.27. The molecule has 186 valence electrons. The first-order chi connectivity index (χ1) is 16.6. The number of amides is 1. The predicted octanol–water partition coefficient (Wildman–Crippen LogP) is 5.77. The van der Waals surface area contributed by atoms with Crippen molar-refractivity contribution in [3.8, 4) is 5.88 Å². The highest BCUT2D eigenvalue weighted by atomic mass is 35.5. The SMILES string of the molecule is CCC(Nc1ncnc2ccc(O[C@H]3CCN(C(=O)OC(C)(C)C)C3)nc12)c1cccc(Cl)c1F. The first-order valence-corrected chi connectivity index (χ1v) is 12.0. The van der Waals surface area contributed by atoms with Gasteiger partial charge in [0.2, 0.25) is 5.88 Å². The van der Waals surface area contributed by atoms with Gasteiger partial charge < -0.3 is 19.7 Å². The summed E-state index contributed by atoms with van der Waals surface area (Å²) in [7, 11) is 0. The van der Waals surface area contributed by atoms with Gasteiger partial charge in [0.25, 0.3) is 0 Å². The largest absolute Gasteiger partial charge is 0.472 e. The van der Waals surface area contributed by atoms with Crippen LogP contribution in [0.3, 0.4) is 0 Å². The molecule has 1 aromatic carbocycles. The fraction of sp³-hybridized carbons (Fsp3) is 0.440. The molecule has 2 atom stereocenters.